The third kappa shape index (κ3) is 58.7. The van der Waals surface area contributed by atoms with Crippen molar-refractivity contribution in [2.45, 2.75) is 277 Å². The number of nitrogens with zero attached hydrogens (tertiary/aromatic N) is 1. The van der Waals surface area contributed by atoms with Gasteiger partial charge < -0.3 is 27.9 Å². The third-order valence-corrected chi connectivity index (χ3v) is 14.2. The van der Waals surface area contributed by atoms with Crippen LogP contribution in [0.15, 0.2) is 72.9 Å². The Hall–Kier alpha value is -2.55. The summed E-state index contributed by atoms with van der Waals surface area (Å²) in [7, 11) is 1.17. The van der Waals surface area contributed by atoms with Crippen molar-refractivity contribution in [2.24, 2.45) is 0 Å². The fraction of sp³-hybridized carbons (Fsp3) is 0.781. The summed E-state index contributed by atoms with van der Waals surface area (Å²) >= 11 is 0. The van der Waals surface area contributed by atoms with Crippen molar-refractivity contribution in [2.75, 3.05) is 47.5 Å². The van der Waals surface area contributed by atoms with Gasteiger partial charge in [0, 0.05) is 12.8 Å². The van der Waals surface area contributed by atoms with Gasteiger partial charge in [0.2, 0.25) is 0 Å². The van der Waals surface area contributed by atoms with E-state index in [0.29, 0.717) is 17.4 Å². The fourth-order valence-corrected chi connectivity index (χ4v) is 9.27. The molecule has 0 heterocycles. The first-order valence-corrected chi connectivity index (χ1v) is 32.1. The lowest BCUT2D eigenvalue weighted by atomic mass is 10.0. The molecule has 0 saturated heterocycles. The number of esters is 2. The molecule has 0 aliphatic rings. The highest BCUT2D eigenvalue weighted by Crippen LogP contribution is 2.38. The van der Waals surface area contributed by atoms with Crippen LogP contribution < -0.4 is 4.89 Å². The number of ether oxygens (including phenoxy) is 2. The molecule has 0 aliphatic heterocycles. The number of likely N-dealkylation sites (N-methyl/N-ethyl adjacent to an activating group) is 1. The normalized spacial score (nSPS) is 13.8. The first-order valence-electron chi connectivity index (χ1n) is 30.6. The Morgan fingerprint density at radius 2 is 0.770 bits per heavy atom. The van der Waals surface area contributed by atoms with Gasteiger partial charge in [0.1, 0.15) is 19.8 Å². The maximum absolute atomic E-state index is 12.8. The minimum Gasteiger partial charge on any atom is -0.756 e. The lowest BCUT2D eigenvalue weighted by molar-refractivity contribution is -0.870. The summed E-state index contributed by atoms with van der Waals surface area (Å²) in [6.07, 6.45) is 72.3. The summed E-state index contributed by atoms with van der Waals surface area (Å²) in [4.78, 5) is 37.9. The number of hydrogen-bond acceptors (Lipinski definition) is 8. The van der Waals surface area contributed by atoms with Crippen LogP contribution in [0.3, 0.4) is 0 Å². The number of quaternary nitrogens is 1. The summed E-state index contributed by atoms with van der Waals surface area (Å²) in [6.45, 7) is 4.16. The van der Waals surface area contributed by atoms with Crippen molar-refractivity contribution in [3.05, 3.63) is 72.9 Å². The van der Waals surface area contributed by atoms with Crippen LogP contribution in [0.4, 0.5) is 0 Å². The zero-order valence-corrected chi connectivity index (χ0v) is 49.7. The zero-order valence-electron chi connectivity index (χ0n) is 48.8. The molecule has 0 amide bonds. The predicted octanol–water partition coefficient (Wildman–Crippen LogP) is 18.6. The number of phosphoric ester groups is 1. The molecule has 2 unspecified atom stereocenters. The lowest BCUT2D eigenvalue weighted by Crippen LogP contribution is -2.37. The van der Waals surface area contributed by atoms with Crippen LogP contribution in [0, 0.1) is 0 Å². The molecule has 0 fully saturated rings. The third-order valence-electron chi connectivity index (χ3n) is 13.2. The summed E-state index contributed by atoms with van der Waals surface area (Å²) in [5.41, 5.74) is 0. The summed E-state index contributed by atoms with van der Waals surface area (Å²) < 4.78 is 34.2. The van der Waals surface area contributed by atoms with Crippen molar-refractivity contribution in [3.8, 4) is 0 Å². The highest BCUT2D eigenvalue weighted by atomic mass is 31.2. The summed E-state index contributed by atoms with van der Waals surface area (Å²) in [5.74, 6) is -0.826. The van der Waals surface area contributed by atoms with Crippen LogP contribution in [0.25, 0.3) is 0 Å². The van der Waals surface area contributed by atoms with Crippen LogP contribution in [0.1, 0.15) is 271 Å². The number of allylic oxidation sites excluding steroid dienone is 12. The van der Waals surface area contributed by atoms with Gasteiger partial charge in [0.15, 0.2) is 6.10 Å². The quantitative estimate of drug-likeness (QED) is 0.0195. The predicted molar refractivity (Wildman–Crippen MR) is 314 cm³/mol. The SMILES string of the molecule is CC/C=C\C/C=C\C/C=C\C/C=C\C/C=C\C/C=C\CCCCCCCCCCCCCCC(=O)OC(COC(=O)CCCCCCCCCCCCCCCCCCCCC)COP(=O)([O-])OCC[N+](C)(C)C. The van der Waals surface area contributed by atoms with E-state index in [1.165, 1.54) is 161 Å². The first-order chi connectivity index (χ1) is 36.0. The molecular weight excluding hydrogens is 942 g/mol. The molecule has 0 aliphatic carbocycles. The topological polar surface area (TPSA) is 111 Å². The van der Waals surface area contributed by atoms with E-state index >= 15 is 0 Å². The van der Waals surface area contributed by atoms with E-state index in [2.05, 4.69) is 86.8 Å². The van der Waals surface area contributed by atoms with E-state index in [0.717, 1.165) is 77.0 Å². The number of rotatable bonds is 56. The molecule has 74 heavy (non-hydrogen) atoms. The van der Waals surface area contributed by atoms with E-state index < -0.39 is 26.5 Å². The number of unbranched alkanes of at least 4 members (excludes halogenated alkanes) is 30. The summed E-state index contributed by atoms with van der Waals surface area (Å²) in [5, 5.41) is 0. The maximum atomic E-state index is 12.8. The Morgan fingerprint density at radius 3 is 1.15 bits per heavy atom. The van der Waals surface area contributed by atoms with Crippen molar-refractivity contribution in [1.82, 2.24) is 0 Å². The zero-order chi connectivity index (χ0) is 54.2. The van der Waals surface area contributed by atoms with Crippen LogP contribution >= 0.6 is 7.82 Å². The molecule has 430 valence electrons. The first kappa shape index (κ1) is 71.5. The van der Waals surface area contributed by atoms with Gasteiger partial charge in [-0.05, 0) is 64.2 Å². The van der Waals surface area contributed by atoms with Gasteiger partial charge in [-0.2, -0.15) is 0 Å². The van der Waals surface area contributed by atoms with Gasteiger partial charge in [-0.3, -0.25) is 14.2 Å². The maximum Gasteiger partial charge on any atom is 0.306 e. The molecule has 0 saturated carbocycles. The second kappa shape index (κ2) is 55.2. The Morgan fingerprint density at radius 1 is 0.432 bits per heavy atom. The standard InChI is InChI=1S/C64H116NO8P/c1-6-8-10-12-14-16-18-20-22-24-26-27-28-29-30-31-32-33-34-35-36-37-39-41-43-45-47-49-51-53-55-57-64(67)73-62(61-72-74(68,69)71-59-58-65(3,4)5)60-70-63(66)56-54-52-50-48-46-44-42-40-38-25-23-21-19-17-15-13-11-9-7-2/h8,10,14,16,20,22,26-27,29-30,32-33,62H,6-7,9,11-13,15,17-19,21,23-25,28,31,34-61H2,1-5H3/b10-8-,16-14-,22-20-,27-26-,30-29-,33-32-. The molecule has 2 atom stereocenters. The van der Waals surface area contributed by atoms with Crippen molar-refractivity contribution in [3.63, 3.8) is 0 Å². The Bertz CT molecular complexity index is 1480. The molecule has 9 nitrogen and oxygen atoms in total. The molecule has 0 rings (SSSR count). The van der Waals surface area contributed by atoms with Crippen LogP contribution in [0.5, 0.6) is 0 Å². The van der Waals surface area contributed by atoms with Gasteiger partial charge in [-0.1, -0.05) is 267 Å². The summed E-state index contributed by atoms with van der Waals surface area (Å²) in [6, 6.07) is 0. The Kier molecular flexibility index (Phi) is 53.3. The Balaban J connectivity index is 4.11. The van der Waals surface area contributed by atoms with Gasteiger partial charge in [-0.25, -0.2) is 0 Å². The van der Waals surface area contributed by atoms with E-state index in [1.807, 2.05) is 21.1 Å². The van der Waals surface area contributed by atoms with Crippen molar-refractivity contribution >= 4 is 19.8 Å². The van der Waals surface area contributed by atoms with Crippen molar-refractivity contribution < 1.29 is 42.1 Å². The second-order valence-electron chi connectivity index (χ2n) is 21.7. The highest BCUT2D eigenvalue weighted by Gasteiger charge is 2.22. The fourth-order valence-electron chi connectivity index (χ4n) is 8.54. The smallest absolute Gasteiger partial charge is 0.306 e. The molecule has 0 aromatic carbocycles. The monoisotopic (exact) mass is 1060 g/mol. The average Bonchev–Trinajstić information content (AvgIpc) is 3.36. The number of carbonyl (C=O) groups excluding carboxylic acids is 2. The highest BCUT2D eigenvalue weighted by molar-refractivity contribution is 7.45. The second-order valence-corrected chi connectivity index (χ2v) is 23.1. The van der Waals surface area contributed by atoms with Gasteiger partial charge >= 0.3 is 11.9 Å². The Labute approximate surface area is 457 Å². The van der Waals surface area contributed by atoms with E-state index in [4.69, 9.17) is 18.5 Å². The van der Waals surface area contributed by atoms with Crippen molar-refractivity contribution in [1.29, 1.82) is 0 Å². The molecular formula is C64H116NO8P. The molecule has 0 bridgehead atoms. The lowest BCUT2D eigenvalue weighted by Gasteiger charge is -2.28. The molecule has 0 radical (unpaired) electrons. The van der Waals surface area contributed by atoms with Crippen LogP contribution in [-0.2, 0) is 32.7 Å². The van der Waals surface area contributed by atoms with Gasteiger partial charge in [0.25, 0.3) is 7.82 Å². The van der Waals surface area contributed by atoms with E-state index in [1.54, 1.807) is 0 Å². The van der Waals surface area contributed by atoms with E-state index in [-0.39, 0.29) is 32.0 Å². The van der Waals surface area contributed by atoms with E-state index in [9.17, 15) is 19.0 Å². The average molecular weight is 1060 g/mol. The molecule has 10 heteroatoms. The largest absolute Gasteiger partial charge is 0.756 e. The molecule has 0 N–H and O–H groups in total. The molecule has 0 spiro atoms. The van der Waals surface area contributed by atoms with Gasteiger partial charge in [-0.15, -0.1) is 0 Å². The number of phosphoric acid groups is 1. The number of hydrogen-bond donors (Lipinski definition) is 0. The molecule has 0 aromatic rings. The van der Waals surface area contributed by atoms with Crippen LogP contribution in [-0.4, -0.2) is 70.0 Å². The van der Waals surface area contributed by atoms with Crippen LogP contribution in [0.2, 0.25) is 0 Å². The minimum absolute atomic E-state index is 0.0317. The van der Waals surface area contributed by atoms with Gasteiger partial charge in [0.05, 0.1) is 27.7 Å². The molecule has 0 aromatic heterocycles. The minimum atomic E-state index is -4.64. The number of carbonyl (C=O) groups is 2.